The maximum absolute atomic E-state index is 13.0. The van der Waals surface area contributed by atoms with Crippen molar-refractivity contribution in [2.24, 2.45) is 5.41 Å². The van der Waals surface area contributed by atoms with Crippen LogP contribution in [0.1, 0.15) is 29.6 Å². The van der Waals surface area contributed by atoms with Crippen molar-refractivity contribution in [3.63, 3.8) is 0 Å². The molecule has 0 spiro atoms. The van der Waals surface area contributed by atoms with Crippen LogP contribution in [0.4, 0.5) is 13.2 Å². The fourth-order valence-corrected chi connectivity index (χ4v) is 7.19. The van der Waals surface area contributed by atoms with Crippen LogP contribution >= 0.6 is 23.5 Å². The summed E-state index contributed by atoms with van der Waals surface area (Å²) in [5.74, 6) is 7.07. The van der Waals surface area contributed by atoms with E-state index in [1.807, 2.05) is 12.1 Å². The molecule has 12 heteroatoms. The van der Waals surface area contributed by atoms with E-state index in [-0.39, 0.29) is 48.4 Å². The van der Waals surface area contributed by atoms with E-state index in [9.17, 15) is 18.0 Å². The predicted octanol–water partition coefficient (Wildman–Crippen LogP) is 6.01. The Hall–Kier alpha value is -2.18. The van der Waals surface area contributed by atoms with Crippen molar-refractivity contribution in [3.05, 3.63) is 59.4 Å². The van der Waals surface area contributed by atoms with Gasteiger partial charge in [-0.1, -0.05) is 0 Å². The Balaban J connectivity index is 1.35. The number of nitrogens with one attached hydrogen (secondary N) is 1. The van der Waals surface area contributed by atoms with Crippen LogP contribution in [0.3, 0.4) is 0 Å². The third-order valence-electron chi connectivity index (χ3n) is 6.13. The predicted molar refractivity (Wildman–Crippen MR) is 137 cm³/mol. The van der Waals surface area contributed by atoms with Gasteiger partial charge in [-0.25, -0.2) is 0 Å². The number of halogens is 4. The number of alkyl halides is 3. The average molecular weight is 600 g/mol. The maximum atomic E-state index is 13.0. The zero-order valence-electron chi connectivity index (χ0n) is 20.0. The second-order valence-electron chi connectivity index (χ2n) is 9.79. The van der Waals surface area contributed by atoms with Crippen LogP contribution in [-0.2, 0) is 0 Å². The third kappa shape index (κ3) is 6.20. The fourth-order valence-electron chi connectivity index (χ4n) is 3.60. The van der Waals surface area contributed by atoms with Crippen LogP contribution < -0.4 is 13.9 Å². The number of carbonyl (C=O) groups excluding carboxylic acids is 1. The van der Waals surface area contributed by atoms with E-state index in [1.165, 1.54) is 27.1 Å². The number of benzene rings is 1. The van der Waals surface area contributed by atoms with E-state index < -0.39 is 24.9 Å². The topological polar surface area (TPSA) is 69.0 Å². The molecule has 1 aromatic carbocycles. The van der Waals surface area contributed by atoms with Crippen molar-refractivity contribution < 1.29 is 22.7 Å². The average Bonchev–Trinajstić information content (AvgIpc) is 3.47. The van der Waals surface area contributed by atoms with E-state index in [1.54, 1.807) is 18.3 Å². The van der Waals surface area contributed by atoms with Crippen molar-refractivity contribution in [2.75, 3.05) is 6.61 Å². The molecule has 1 saturated carbocycles. The van der Waals surface area contributed by atoms with Crippen molar-refractivity contribution in [1.29, 1.82) is 0 Å². The number of rotatable bonds is 9. The zero-order chi connectivity index (χ0) is 26.1. The first kappa shape index (κ1) is 26.9. The Morgan fingerprint density at radius 2 is 1.97 bits per heavy atom. The Morgan fingerprint density at radius 1 is 1.22 bits per heavy atom. The van der Waals surface area contributed by atoms with Gasteiger partial charge in [-0.05, 0) is 19.3 Å². The Morgan fingerprint density at radius 3 is 2.61 bits per heavy atom. The number of pyridine rings is 1. The van der Waals surface area contributed by atoms with Gasteiger partial charge >= 0.3 is 159 Å². The Labute approximate surface area is 219 Å². The molecule has 6 nitrogen and oxygen atoms in total. The molecule has 0 bridgehead atoms. The molecule has 0 radical (unpaired) electrons. The van der Waals surface area contributed by atoms with Crippen molar-refractivity contribution in [2.45, 2.75) is 47.6 Å². The van der Waals surface area contributed by atoms with Gasteiger partial charge in [0.1, 0.15) is 0 Å². The number of hydrogen-bond donors (Lipinski definition) is 1. The minimum atomic E-state index is -4.21. The van der Waals surface area contributed by atoms with Crippen LogP contribution in [0.2, 0.25) is 22.4 Å². The molecule has 1 fully saturated rings. The molecule has 0 atom stereocenters. The molecule has 3 aromatic rings. The molecule has 0 saturated heterocycles. The SMILES string of the molecule is [CH3][Ge]([CH3])([CH3])[c]1cccc(SNC(=O)c2ccc(-n3ccc(OCCC4(C(F)(F)F)CC4)n3)nc2Cl)c1. The summed E-state index contributed by atoms with van der Waals surface area (Å²) in [5.41, 5.74) is -1.40. The molecule has 36 heavy (non-hydrogen) atoms. The van der Waals surface area contributed by atoms with Gasteiger partial charge in [-0.2, -0.15) is 13.2 Å². The van der Waals surface area contributed by atoms with Crippen LogP contribution in [0.15, 0.2) is 53.6 Å². The van der Waals surface area contributed by atoms with Crippen molar-refractivity contribution >= 4 is 47.1 Å². The molecule has 1 aliphatic carbocycles. The summed E-state index contributed by atoms with van der Waals surface area (Å²) >= 11 is 5.52. The van der Waals surface area contributed by atoms with Gasteiger partial charge in [0.25, 0.3) is 0 Å². The first-order valence-corrected chi connectivity index (χ1v) is 19.9. The van der Waals surface area contributed by atoms with Crippen molar-refractivity contribution in [1.82, 2.24) is 19.5 Å². The molecule has 1 amide bonds. The molecule has 2 heterocycles. The molecule has 192 valence electrons. The van der Waals surface area contributed by atoms with Gasteiger partial charge < -0.3 is 4.74 Å². The molecular formula is C24H26ClF3GeN4O2S. The molecular weight excluding hydrogens is 573 g/mol. The summed E-state index contributed by atoms with van der Waals surface area (Å²) in [4.78, 5) is 17.9. The number of aromatic nitrogens is 3. The minimum absolute atomic E-state index is 0.00265. The van der Waals surface area contributed by atoms with Gasteiger partial charge in [0.05, 0.1) is 12.0 Å². The number of amides is 1. The van der Waals surface area contributed by atoms with E-state index in [0.717, 1.165) is 4.90 Å². The first-order chi connectivity index (χ1) is 16.9. The molecule has 1 N–H and O–H groups in total. The molecule has 4 rings (SSSR count). The first-order valence-electron chi connectivity index (χ1n) is 11.4. The molecule has 2 aromatic heterocycles. The Bertz CT molecular complexity index is 1260. The van der Waals surface area contributed by atoms with Crippen molar-refractivity contribution in [3.8, 4) is 11.7 Å². The van der Waals surface area contributed by atoms with Crippen LogP contribution in [0, 0.1) is 5.41 Å². The van der Waals surface area contributed by atoms with E-state index >= 15 is 0 Å². The second kappa shape index (κ2) is 10.3. The van der Waals surface area contributed by atoms with Crippen LogP contribution in [0.25, 0.3) is 5.82 Å². The quantitative estimate of drug-likeness (QED) is 0.185. The standard InChI is InChI=1S/C24H26ClF3GeN4O2S/c1-29(2,3)16-5-4-6-17(15-16)36-32-22(34)18-7-8-19(30-21(18)25)33-13-9-20(31-33)35-14-12-23(10-11-23)24(26,27)28/h4-9,13,15H,10-12,14H2,1-3H3,(H,32,34). The number of nitrogens with zero attached hydrogens (tertiary/aromatic N) is 3. The summed E-state index contributed by atoms with van der Waals surface area (Å²) in [6.07, 6.45) is -2.46. The van der Waals surface area contributed by atoms with Gasteiger partial charge in [0, 0.05) is 6.07 Å². The van der Waals surface area contributed by atoms with E-state index in [0.29, 0.717) is 5.82 Å². The van der Waals surface area contributed by atoms with Gasteiger partial charge in [-0.15, -0.1) is 0 Å². The normalized spacial score (nSPS) is 15.0. The molecule has 1 aliphatic rings. The van der Waals surface area contributed by atoms with E-state index in [2.05, 4.69) is 44.2 Å². The monoisotopic (exact) mass is 600 g/mol. The fraction of sp³-hybridized carbons (Fsp3) is 0.375. The molecule has 0 aliphatic heterocycles. The summed E-state index contributed by atoms with van der Waals surface area (Å²) < 4.78 is 50.1. The second-order valence-corrected chi connectivity index (χ2v) is 21.7. The van der Waals surface area contributed by atoms with Gasteiger partial charge in [-0.3, -0.25) is 0 Å². The third-order valence-corrected chi connectivity index (χ3v) is 11.5. The number of carbonyl (C=O) groups is 1. The number of ether oxygens (including phenoxy) is 1. The van der Waals surface area contributed by atoms with Gasteiger partial charge in [0.15, 0.2) is 0 Å². The van der Waals surface area contributed by atoms with Gasteiger partial charge in [0.2, 0.25) is 5.88 Å². The summed E-state index contributed by atoms with van der Waals surface area (Å²) in [6, 6.07) is 12.8. The molecule has 0 unspecified atom stereocenters. The van der Waals surface area contributed by atoms with Crippen LogP contribution in [0.5, 0.6) is 5.88 Å². The number of hydrogen-bond acceptors (Lipinski definition) is 5. The van der Waals surface area contributed by atoms with Crippen LogP contribution in [-0.4, -0.2) is 46.7 Å². The Kier molecular flexibility index (Phi) is 7.68. The summed E-state index contributed by atoms with van der Waals surface area (Å²) in [5, 5.41) is 4.20. The zero-order valence-corrected chi connectivity index (χ0v) is 23.7. The summed E-state index contributed by atoms with van der Waals surface area (Å²) in [7, 11) is 0. The van der Waals surface area contributed by atoms with E-state index in [4.69, 9.17) is 16.3 Å². The summed E-state index contributed by atoms with van der Waals surface area (Å²) in [6.45, 7) is -0.0803.